The van der Waals surface area contributed by atoms with E-state index < -0.39 is 6.36 Å². The van der Waals surface area contributed by atoms with E-state index in [1.54, 1.807) is 11.0 Å². The number of nitrogens with one attached hydrogen (secondary N) is 1. The Balaban J connectivity index is 1.83. The summed E-state index contributed by atoms with van der Waals surface area (Å²) in [4.78, 5) is 24.1. The number of rotatable bonds is 7. The molecule has 0 unspecified atom stereocenters. The van der Waals surface area contributed by atoms with Gasteiger partial charge in [0.1, 0.15) is 22.7 Å². The smallest absolute Gasteiger partial charge is 0.406 e. The van der Waals surface area contributed by atoms with Gasteiger partial charge in [-0.05, 0) is 43.7 Å². The fourth-order valence-electron chi connectivity index (χ4n) is 2.77. The number of halogens is 3. The molecule has 10 heteroatoms. The second-order valence-electron chi connectivity index (χ2n) is 6.13. The molecule has 0 fully saturated rings. The fourth-order valence-corrected chi connectivity index (χ4v) is 3.73. The molecule has 0 atom stereocenters. The van der Waals surface area contributed by atoms with Crippen LogP contribution < -0.4 is 10.1 Å². The van der Waals surface area contributed by atoms with Gasteiger partial charge in [-0.15, -0.1) is 24.5 Å². The zero-order valence-electron chi connectivity index (χ0n) is 15.8. The number of carbonyl (C=O) groups excluding carboxylic acids is 1. The van der Waals surface area contributed by atoms with Gasteiger partial charge in [0.05, 0.1) is 10.3 Å². The molecule has 0 saturated carbocycles. The number of anilines is 2. The molecule has 6 nitrogen and oxygen atoms in total. The van der Waals surface area contributed by atoms with E-state index in [0.29, 0.717) is 39.7 Å². The Hall–Kier alpha value is -2.88. The van der Waals surface area contributed by atoms with Crippen molar-refractivity contribution in [2.75, 3.05) is 18.4 Å². The number of ether oxygens (including phenoxy) is 1. The van der Waals surface area contributed by atoms with E-state index in [1.807, 2.05) is 13.8 Å². The highest BCUT2D eigenvalue weighted by molar-refractivity contribution is 7.20. The Morgan fingerprint density at radius 2 is 1.93 bits per heavy atom. The quantitative estimate of drug-likeness (QED) is 0.564. The maximum Gasteiger partial charge on any atom is 0.573 e. The average Bonchev–Trinajstić information content (AvgIpc) is 3.11. The monoisotopic (exact) mass is 424 g/mol. The molecule has 1 aromatic carbocycles. The molecule has 2 aromatic heterocycles. The van der Waals surface area contributed by atoms with Crippen LogP contribution in [0.3, 0.4) is 0 Å². The Kier molecular flexibility index (Phi) is 6.21. The van der Waals surface area contributed by atoms with Crippen LogP contribution >= 0.6 is 11.3 Å². The van der Waals surface area contributed by atoms with Gasteiger partial charge in [0.2, 0.25) is 0 Å². The number of thiophene rings is 1. The van der Waals surface area contributed by atoms with Crippen LogP contribution in [0.5, 0.6) is 5.75 Å². The summed E-state index contributed by atoms with van der Waals surface area (Å²) < 4.78 is 40.7. The van der Waals surface area contributed by atoms with Crippen LogP contribution in [0.15, 0.2) is 36.7 Å². The summed E-state index contributed by atoms with van der Waals surface area (Å²) in [5.74, 6) is 0.0974. The minimum Gasteiger partial charge on any atom is -0.406 e. The van der Waals surface area contributed by atoms with Crippen LogP contribution in [-0.2, 0) is 0 Å². The third-order valence-electron chi connectivity index (χ3n) is 4.05. The topological polar surface area (TPSA) is 67.4 Å². The average molecular weight is 424 g/mol. The molecule has 29 heavy (non-hydrogen) atoms. The minimum absolute atomic E-state index is 0.0584. The Bertz CT molecular complexity index is 989. The number of benzene rings is 1. The van der Waals surface area contributed by atoms with Crippen molar-refractivity contribution >= 4 is 39.0 Å². The highest BCUT2D eigenvalue weighted by Crippen LogP contribution is 2.31. The van der Waals surface area contributed by atoms with Gasteiger partial charge < -0.3 is 15.0 Å². The molecule has 1 amide bonds. The molecule has 1 N–H and O–H groups in total. The second kappa shape index (κ2) is 8.64. The van der Waals surface area contributed by atoms with E-state index in [1.165, 1.54) is 41.9 Å². The van der Waals surface area contributed by atoms with Crippen LogP contribution in [0, 0.1) is 0 Å². The number of nitrogens with zero attached hydrogens (tertiary/aromatic N) is 3. The van der Waals surface area contributed by atoms with Gasteiger partial charge in [0.15, 0.2) is 0 Å². The van der Waals surface area contributed by atoms with Gasteiger partial charge in [-0.3, -0.25) is 4.79 Å². The number of aromatic nitrogens is 2. The van der Waals surface area contributed by atoms with Gasteiger partial charge in [-0.25, -0.2) is 9.97 Å². The molecule has 2 heterocycles. The zero-order valence-corrected chi connectivity index (χ0v) is 16.6. The van der Waals surface area contributed by atoms with Gasteiger partial charge in [-0.1, -0.05) is 6.92 Å². The SMILES string of the molecule is CCCN(CC)C(=O)c1cc2c(Nc3ccc(OC(F)(F)F)cc3)ncnc2s1. The van der Waals surface area contributed by atoms with Crippen LogP contribution in [0.2, 0.25) is 0 Å². The van der Waals surface area contributed by atoms with E-state index >= 15 is 0 Å². The van der Waals surface area contributed by atoms with Crippen molar-refractivity contribution in [1.29, 1.82) is 0 Å². The van der Waals surface area contributed by atoms with Crippen molar-refractivity contribution in [3.63, 3.8) is 0 Å². The third kappa shape index (κ3) is 5.14. The third-order valence-corrected chi connectivity index (χ3v) is 5.08. The van der Waals surface area contributed by atoms with E-state index in [-0.39, 0.29) is 11.7 Å². The first kappa shape index (κ1) is 20.8. The molecule has 154 valence electrons. The number of amides is 1. The van der Waals surface area contributed by atoms with E-state index in [2.05, 4.69) is 20.0 Å². The molecular weight excluding hydrogens is 405 g/mol. The summed E-state index contributed by atoms with van der Waals surface area (Å²) in [5, 5.41) is 3.72. The summed E-state index contributed by atoms with van der Waals surface area (Å²) in [6.07, 6.45) is -2.50. The van der Waals surface area contributed by atoms with Gasteiger partial charge in [0.25, 0.3) is 5.91 Å². The van der Waals surface area contributed by atoms with Crippen molar-refractivity contribution in [2.45, 2.75) is 26.6 Å². The lowest BCUT2D eigenvalue weighted by Crippen LogP contribution is -2.30. The second-order valence-corrected chi connectivity index (χ2v) is 7.16. The van der Waals surface area contributed by atoms with Crippen molar-refractivity contribution in [1.82, 2.24) is 14.9 Å². The van der Waals surface area contributed by atoms with Crippen LogP contribution in [0.1, 0.15) is 29.9 Å². The maximum absolute atomic E-state index is 12.7. The lowest BCUT2D eigenvalue weighted by molar-refractivity contribution is -0.274. The van der Waals surface area contributed by atoms with Gasteiger partial charge in [0, 0.05) is 18.8 Å². The summed E-state index contributed by atoms with van der Waals surface area (Å²) in [7, 11) is 0. The van der Waals surface area contributed by atoms with Crippen LogP contribution in [0.4, 0.5) is 24.7 Å². The van der Waals surface area contributed by atoms with E-state index in [9.17, 15) is 18.0 Å². The first-order valence-electron chi connectivity index (χ1n) is 8.97. The van der Waals surface area contributed by atoms with E-state index in [0.717, 1.165) is 6.42 Å². The number of carbonyl (C=O) groups is 1. The van der Waals surface area contributed by atoms with Gasteiger partial charge in [-0.2, -0.15) is 0 Å². The highest BCUT2D eigenvalue weighted by atomic mass is 32.1. The normalized spacial score (nSPS) is 11.5. The number of fused-ring (bicyclic) bond motifs is 1. The highest BCUT2D eigenvalue weighted by Gasteiger charge is 2.31. The molecule has 0 radical (unpaired) electrons. The molecular formula is C19H19F3N4O2S. The Labute approximate surface area is 169 Å². The first-order valence-corrected chi connectivity index (χ1v) is 9.79. The first-order chi connectivity index (χ1) is 13.8. The zero-order chi connectivity index (χ0) is 21.0. The molecule has 0 aliphatic carbocycles. The predicted octanol–water partition coefficient (Wildman–Crippen LogP) is 5.21. The standard InChI is InChI=1S/C19H19F3N4O2S/c1-3-9-26(4-2)18(27)15-10-14-16(23-11-24-17(14)29-15)25-12-5-7-13(8-6-12)28-19(20,21)22/h5-8,10-11H,3-4,9H2,1-2H3,(H,23,24,25). The maximum atomic E-state index is 12.7. The molecule has 3 aromatic rings. The van der Waals surface area contributed by atoms with Crippen LogP contribution in [0.25, 0.3) is 10.2 Å². The summed E-state index contributed by atoms with van der Waals surface area (Å²) in [6, 6.07) is 7.06. The summed E-state index contributed by atoms with van der Waals surface area (Å²) in [6.45, 7) is 5.23. The number of hydrogen-bond donors (Lipinski definition) is 1. The lowest BCUT2D eigenvalue weighted by Gasteiger charge is -2.18. The fraction of sp³-hybridized carbons (Fsp3) is 0.316. The van der Waals surface area contributed by atoms with E-state index in [4.69, 9.17) is 0 Å². The van der Waals surface area contributed by atoms with Gasteiger partial charge >= 0.3 is 6.36 Å². The summed E-state index contributed by atoms with van der Waals surface area (Å²) in [5.41, 5.74) is 0.528. The number of alkyl halides is 3. The van der Waals surface area contributed by atoms with Crippen LogP contribution in [-0.4, -0.2) is 40.2 Å². The molecule has 0 aliphatic heterocycles. The van der Waals surface area contributed by atoms with Crippen molar-refractivity contribution in [2.24, 2.45) is 0 Å². The molecule has 0 spiro atoms. The van der Waals surface area contributed by atoms with Crippen molar-refractivity contribution in [3.8, 4) is 5.75 Å². The van der Waals surface area contributed by atoms with Crippen molar-refractivity contribution < 1.29 is 22.7 Å². The molecule has 3 rings (SSSR count). The molecule has 0 saturated heterocycles. The Morgan fingerprint density at radius 3 is 2.55 bits per heavy atom. The minimum atomic E-state index is -4.74. The lowest BCUT2D eigenvalue weighted by atomic mass is 10.2. The predicted molar refractivity (Wildman–Crippen MR) is 106 cm³/mol. The molecule has 0 aliphatic rings. The Morgan fingerprint density at radius 1 is 1.21 bits per heavy atom. The largest absolute Gasteiger partial charge is 0.573 e. The summed E-state index contributed by atoms with van der Waals surface area (Å²) >= 11 is 1.28. The molecule has 0 bridgehead atoms. The number of hydrogen-bond acceptors (Lipinski definition) is 6. The van der Waals surface area contributed by atoms with Crippen molar-refractivity contribution in [3.05, 3.63) is 41.5 Å².